The highest BCUT2D eigenvalue weighted by Crippen LogP contribution is 2.42. The van der Waals surface area contributed by atoms with Gasteiger partial charge in [-0.3, -0.25) is 4.79 Å². The molecule has 1 rings (SSSR count). The molecular formula is C14H27BO4. The first-order valence-electron chi connectivity index (χ1n) is 7.12. The number of ether oxygens (including phenoxy) is 1. The third kappa shape index (κ3) is 3.73. The molecule has 0 radical (unpaired) electrons. The van der Waals surface area contributed by atoms with E-state index in [1.54, 1.807) is 0 Å². The summed E-state index contributed by atoms with van der Waals surface area (Å²) in [7, 11) is -0.352. The standard InChI is InChI=1S/C14H27BO4/c1-8-17-12(16)9-11(10(2)3)15-18-13(4,5)14(6,7)19-15/h10-11H,8-9H2,1-7H3/t11-/m0/s1. The third-order valence-corrected chi connectivity index (χ3v) is 4.19. The minimum absolute atomic E-state index is 0.0140. The van der Waals surface area contributed by atoms with Crippen molar-refractivity contribution in [1.82, 2.24) is 0 Å². The maximum absolute atomic E-state index is 11.7. The normalized spacial score (nSPS) is 22.6. The molecule has 4 nitrogen and oxygen atoms in total. The van der Waals surface area contributed by atoms with Crippen molar-refractivity contribution in [3.8, 4) is 0 Å². The molecule has 5 heteroatoms. The summed E-state index contributed by atoms with van der Waals surface area (Å²) in [6, 6.07) is 0. The van der Waals surface area contributed by atoms with Crippen molar-refractivity contribution in [2.75, 3.05) is 6.61 Å². The van der Waals surface area contributed by atoms with Crippen LogP contribution in [0.5, 0.6) is 0 Å². The molecule has 0 aromatic rings. The Morgan fingerprint density at radius 3 is 2.00 bits per heavy atom. The van der Waals surface area contributed by atoms with Crippen molar-refractivity contribution in [3.05, 3.63) is 0 Å². The molecule has 1 heterocycles. The zero-order valence-electron chi connectivity index (χ0n) is 13.3. The largest absolute Gasteiger partial charge is 0.466 e. The lowest BCUT2D eigenvalue weighted by atomic mass is 9.64. The quantitative estimate of drug-likeness (QED) is 0.569. The maximum Gasteiger partial charge on any atom is 0.462 e. The first kappa shape index (κ1) is 16.5. The Bertz CT molecular complexity index is 309. The van der Waals surface area contributed by atoms with E-state index >= 15 is 0 Å². The molecule has 1 fully saturated rings. The molecule has 0 saturated carbocycles. The Balaban J connectivity index is 2.77. The predicted molar refractivity (Wildman–Crippen MR) is 75.9 cm³/mol. The first-order chi connectivity index (χ1) is 8.60. The average Bonchev–Trinajstić information content (AvgIpc) is 2.44. The second-order valence-electron chi connectivity index (χ2n) is 6.54. The summed E-state index contributed by atoms with van der Waals surface area (Å²) in [5.74, 6) is 0.120. The van der Waals surface area contributed by atoms with Gasteiger partial charge in [0.25, 0.3) is 0 Å². The Labute approximate surface area is 117 Å². The Morgan fingerprint density at radius 2 is 1.63 bits per heavy atom. The Hall–Kier alpha value is -0.545. The molecule has 0 unspecified atom stereocenters. The number of rotatable bonds is 5. The summed E-state index contributed by atoms with van der Waals surface area (Å²) in [6.45, 7) is 14.5. The van der Waals surface area contributed by atoms with Crippen LogP contribution in [-0.2, 0) is 18.8 Å². The van der Waals surface area contributed by atoms with Gasteiger partial charge >= 0.3 is 13.1 Å². The van der Waals surface area contributed by atoms with Crippen LogP contribution in [0.15, 0.2) is 0 Å². The van der Waals surface area contributed by atoms with Crippen LogP contribution in [-0.4, -0.2) is 30.9 Å². The van der Waals surface area contributed by atoms with Crippen LogP contribution in [0.2, 0.25) is 5.82 Å². The molecule has 0 spiro atoms. The van der Waals surface area contributed by atoms with Crippen molar-refractivity contribution in [2.24, 2.45) is 5.92 Å². The fraction of sp³-hybridized carbons (Fsp3) is 0.929. The molecular weight excluding hydrogens is 243 g/mol. The number of esters is 1. The molecule has 0 aromatic carbocycles. The van der Waals surface area contributed by atoms with Crippen molar-refractivity contribution in [1.29, 1.82) is 0 Å². The minimum Gasteiger partial charge on any atom is -0.466 e. The maximum atomic E-state index is 11.7. The van der Waals surface area contributed by atoms with E-state index in [1.165, 1.54) is 0 Å². The van der Waals surface area contributed by atoms with Crippen molar-refractivity contribution in [2.45, 2.75) is 71.9 Å². The summed E-state index contributed by atoms with van der Waals surface area (Å²) >= 11 is 0. The van der Waals surface area contributed by atoms with Crippen molar-refractivity contribution < 1.29 is 18.8 Å². The molecule has 0 amide bonds. The van der Waals surface area contributed by atoms with E-state index in [1.807, 2.05) is 34.6 Å². The van der Waals surface area contributed by atoms with E-state index in [0.29, 0.717) is 18.9 Å². The van der Waals surface area contributed by atoms with Gasteiger partial charge in [0, 0.05) is 12.2 Å². The lowest BCUT2D eigenvalue weighted by molar-refractivity contribution is -0.143. The van der Waals surface area contributed by atoms with E-state index < -0.39 is 0 Å². The monoisotopic (exact) mass is 270 g/mol. The minimum atomic E-state index is -0.362. The second kappa shape index (κ2) is 5.84. The Morgan fingerprint density at radius 1 is 1.16 bits per heavy atom. The average molecular weight is 270 g/mol. The molecule has 1 aliphatic heterocycles. The molecule has 19 heavy (non-hydrogen) atoms. The fourth-order valence-electron chi connectivity index (χ4n) is 2.12. The van der Waals surface area contributed by atoms with Crippen LogP contribution in [0, 0.1) is 5.92 Å². The third-order valence-electron chi connectivity index (χ3n) is 4.19. The SMILES string of the molecule is CCOC(=O)C[C@H](B1OC(C)(C)C(C)(C)O1)C(C)C. The van der Waals surface area contributed by atoms with Gasteiger partial charge in [-0.05, 0) is 40.5 Å². The van der Waals surface area contributed by atoms with Gasteiger partial charge in [-0.15, -0.1) is 0 Å². The van der Waals surface area contributed by atoms with Gasteiger partial charge in [0.15, 0.2) is 0 Å². The Kier molecular flexibility index (Phi) is 5.07. The molecule has 1 aliphatic rings. The number of carbonyl (C=O) groups is 1. The summed E-state index contributed by atoms with van der Waals surface area (Å²) in [5, 5.41) is 0. The topological polar surface area (TPSA) is 44.8 Å². The lowest BCUT2D eigenvalue weighted by Gasteiger charge is -2.32. The van der Waals surface area contributed by atoms with Crippen LogP contribution in [0.3, 0.4) is 0 Å². The van der Waals surface area contributed by atoms with Crippen molar-refractivity contribution >= 4 is 13.1 Å². The van der Waals surface area contributed by atoms with E-state index in [9.17, 15) is 4.79 Å². The van der Waals surface area contributed by atoms with Crippen LogP contribution in [0.1, 0.15) is 54.9 Å². The molecule has 0 aromatic heterocycles. The fourth-order valence-corrected chi connectivity index (χ4v) is 2.12. The van der Waals surface area contributed by atoms with Gasteiger partial charge in [0.05, 0.1) is 17.8 Å². The van der Waals surface area contributed by atoms with Crippen molar-refractivity contribution in [3.63, 3.8) is 0 Å². The van der Waals surface area contributed by atoms with Crippen LogP contribution in [0.4, 0.5) is 0 Å². The van der Waals surface area contributed by atoms with Gasteiger partial charge < -0.3 is 14.0 Å². The van der Waals surface area contributed by atoms with Gasteiger partial charge in [-0.1, -0.05) is 13.8 Å². The summed E-state index contributed by atoms with van der Waals surface area (Å²) in [4.78, 5) is 11.7. The van der Waals surface area contributed by atoms with Gasteiger partial charge in [-0.25, -0.2) is 0 Å². The summed E-state index contributed by atoms with van der Waals surface area (Å²) in [5.41, 5.74) is -0.723. The summed E-state index contributed by atoms with van der Waals surface area (Å²) < 4.78 is 17.1. The smallest absolute Gasteiger partial charge is 0.462 e. The van der Waals surface area contributed by atoms with Gasteiger partial charge in [-0.2, -0.15) is 0 Å². The molecule has 0 N–H and O–H groups in total. The van der Waals surface area contributed by atoms with E-state index in [4.69, 9.17) is 14.0 Å². The van der Waals surface area contributed by atoms with Gasteiger partial charge in [0.1, 0.15) is 0 Å². The van der Waals surface area contributed by atoms with E-state index in [2.05, 4.69) is 13.8 Å². The zero-order valence-corrected chi connectivity index (χ0v) is 13.3. The van der Waals surface area contributed by atoms with E-state index in [-0.39, 0.29) is 30.1 Å². The predicted octanol–water partition coefficient (Wildman–Crippen LogP) is 3.06. The van der Waals surface area contributed by atoms with E-state index in [0.717, 1.165) is 0 Å². The highest BCUT2D eigenvalue weighted by atomic mass is 16.7. The number of hydrogen-bond donors (Lipinski definition) is 0. The highest BCUT2D eigenvalue weighted by molar-refractivity contribution is 6.48. The first-order valence-corrected chi connectivity index (χ1v) is 7.12. The lowest BCUT2D eigenvalue weighted by Crippen LogP contribution is -2.41. The van der Waals surface area contributed by atoms with Gasteiger partial charge in [0.2, 0.25) is 0 Å². The number of hydrogen-bond acceptors (Lipinski definition) is 4. The van der Waals surface area contributed by atoms with Crippen LogP contribution >= 0.6 is 0 Å². The van der Waals surface area contributed by atoms with Crippen LogP contribution < -0.4 is 0 Å². The number of carbonyl (C=O) groups excluding carboxylic acids is 1. The second-order valence-corrected chi connectivity index (χ2v) is 6.54. The molecule has 0 bridgehead atoms. The highest BCUT2D eigenvalue weighted by Gasteiger charge is 2.54. The molecule has 110 valence electrons. The molecule has 1 atom stereocenters. The van der Waals surface area contributed by atoms with Crippen LogP contribution in [0.25, 0.3) is 0 Å². The zero-order chi connectivity index (χ0) is 14.8. The summed E-state index contributed by atoms with van der Waals surface area (Å²) in [6.07, 6.45) is 0.336. The molecule has 1 saturated heterocycles. The molecule has 0 aliphatic carbocycles.